The summed E-state index contributed by atoms with van der Waals surface area (Å²) in [6.45, 7) is 0. The van der Waals surface area contributed by atoms with Gasteiger partial charge in [-0.3, -0.25) is 0 Å². The average molecular weight is 780 g/mol. The van der Waals surface area contributed by atoms with Crippen molar-refractivity contribution in [3.63, 3.8) is 0 Å². The van der Waals surface area contributed by atoms with Gasteiger partial charge in [0.25, 0.3) is 0 Å². The molecule has 0 aliphatic carbocycles. The van der Waals surface area contributed by atoms with Crippen LogP contribution in [0.2, 0.25) is 0 Å². The zero-order chi connectivity index (χ0) is 39.2. The normalized spacial score (nSPS) is 13.0. The van der Waals surface area contributed by atoms with Crippen LogP contribution in [0.4, 0.5) is 0 Å². The van der Waals surface area contributed by atoms with E-state index >= 15 is 0 Å². The van der Waals surface area contributed by atoms with Crippen LogP contribution in [0, 0.1) is 0 Å². The van der Waals surface area contributed by atoms with Crippen molar-refractivity contribution in [3.05, 3.63) is 176 Å². The molecule has 59 heavy (non-hydrogen) atoms. The topological polar surface area (TPSA) is 99.1 Å². The number of aromatic nitrogens is 3. The second kappa shape index (κ2) is 12.7. The first-order chi connectivity index (χ1) is 28.9. The Morgan fingerprint density at radius 3 is 1.44 bits per heavy atom. The highest BCUT2D eigenvalue weighted by molar-refractivity contribution is 7.92. The van der Waals surface area contributed by atoms with Gasteiger partial charge in [-0.15, -0.1) is 0 Å². The Balaban J connectivity index is 1.07. The van der Waals surface area contributed by atoms with Crippen LogP contribution in [0.15, 0.2) is 195 Å². The molecule has 0 spiro atoms. The van der Waals surface area contributed by atoms with Crippen molar-refractivity contribution in [2.75, 3.05) is 0 Å². The minimum Gasteiger partial charge on any atom is -0.456 e. The van der Waals surface area contributed by atoms with Gasteiger partial charge < -0.3 is 8.83 Å². The summed E-state index contributed by atoms with van der Waals surface area (Å²) >= 11 is 0. The third kappa shape index (κ3) is 5.34. The first kappa shape index (κ1) is 33.5. The molecule has 11 aromatic rings. The summed E-state index contributed by atoms with van der Waals surface area (Å²) in [6.07, 6.45) is 0. The fourth-order valence-electron chi connectivity index (χ4n) is 8.40. The predicted octanol–water partition coefficient (Wildman–Crippen LogP) is 12.8. The molecule has 7 nitrogen and oxygen atoms in total. The van der Waals surface area contributed by atoms with Crippen LogP contribution in [-0.4, -0.2) is 23.4 Å². The van der Waals surface area contributed by atoms with Crippen molar-refractivity contribution in [1.82, 2.24) is 15.0 Å². The summed E-state index contributed by atoms with van der Waals surface area (Å²) < 4.78 is 40.2. The van der Waals surface area contributed by atoms with Gasteiger partial charge in [0.15, 0.2) is 17.5 Å². The van der Waals surface area contributed by atoms with Crippen molar-refractivity contribution < 1.29 is 17.3 Å². The number of nitrogens with zero attached hydrogens (tertiary/aromatic N) is 3. The summed E-state index contributed by atoms with van der Waals surface area (Å²) in [5.74, 6) is 1.27. The summed E-state index contributed by atoms with van der Waals surface area (Å²) in [6, 6.07) is 57.4. The van der Waals surface area contributed by atoms with Crippen LogP contribution >= 0.6 is 0 Å². The van der Waals surface area contributed by atoms with Crippen molar-refractivity contribution in [2.45, 2.75) is 9.79 Å². The molecule has 0 radical (unpaired) electrons. The number of sulfone groups is 1. The van der Waals surface area contributed by atoms with Crippen molar-refractivity contribution in [2.24, 2.45) is 0 Å². The van der Waals surface area contributed by atoms with E-state index in [2.05, 4.69) is 66.7 Å². The maximum absolute atomic E-state index is 13.8. The molecule has 0 bridgehead atoms. The lowest BCUT2D eigenvalue weighted by Crippen LogP contribution is -2.02. The van der Waals surface area contributed by atoms with Gasteiger partial charge in [-0.05, 0) is 89.0 Å². The van der Waals surface area contributed by atoms with E-state index in [1.165, 1.54) is 0 Å². The highest BCUT2D eigenvalue weighted by Gasteiger charge is 2.33. The van der Waals surface area contributed by atoms with Gasteiger partial charge in [0.1, 0.15) is 22.3 Å². The van der Waals surface area contributed by atoms with Crippen LogP contribution in [0.3, 0.4) is 0 Å². The molecule has 0 atom stereocenters. The maximum Gasteiger partial charge on any atom is 0.207 e. The van der Waals surface area contributed by atoms with Crippen LogP contribution in [0.1, 0.15) is 0 Å². The first-order valence-corrected chi connectivity index (χ1v) is 20.7. The zero-order valence-corrected chi connectivity index (χ0v) is 31.9. The Hall–Kier alpha value is -7.68. The van der Waals surface area contributed by atoms with E-state index in [4.69, 9.17) is 23.8 Å². The van der Waals surface area contributed by atoms with Gasteiger partial charge in [0.05, 0.1) is 9.79 Å². The van der Waals surface area contributed by atoms with E-state index in [1.54, 1.807) is 18.2 Å². The molecule has 1 aliphatic rings. The van der Waals surface area contributed by atoms with Gasteiger partial charge in [0, 0.05) is 49.4 Å². The van der Waals surface area contributed by atoms with Gasteiger partial charge >= 0.3 is 0 Å². The highest BCUT2D eigenvalue weighted by atomic mass is 32.2. The SMILES string of the molecule is O=S1(=O)c2ccccc2-c2ccc(-c3nc(-c4ccccc4)nc(-c4cc(-c5ccc6c(c5)oc5ccccc56)cc(-c5ccc6c(c5)oc5ccccc56)c4)n3)cc21. The highest BCUT2D eigenvalue weighted by Crippen LogP contribution is 2.45. The number of hydrogen-bond acceptors (Lipinski definition) is 7. The molecule has 4 heterocycles. The van der Waals surface area contributed by atoms with E-state index in [9.17, 15) is 8.42 Å². The van der Waals surface area contributed by atoms with Crippen LogP contribution in [0.25, 0.3) is 111 Å². The molecule has 12 rings (SSSR count). The van der Waals surface area contributed by atoms with Crippen molar-refractivity contribution in [1.29, 1.82) is 0 Å². The van der Waals surface area contributed by atoms with Crippen LogP contribution in [0.5, 0.6) is 0 Å². The second-order valence-corrected chi connectivity index (χ2v) is 16.7. The lowest BCUT2D eigenvalue weighted by atomic mass is 9.94. The minimum absolute atomic E-state index is 0.241. The Morgan fingerprint density at radius 2 is 0.797 bits per heavy atom. The molecular weight excluding hydrogens is 751 g/mol. The lowest BCUT2D eigenvalue weighted by molar-refractivity contribution is 0.598. The summed E-state index contributed by atoms with van der Waals surface area (Å²) in [7, 11) is -3.73. The van der Waals surface area contributed by atoms with Crippen molar-refractivity contribution in [3.8, 4) is 67.5 Å². The molecular formula is C51H29N3O4S. The fourth-order valence-corrected chi connectivity index (χ4v) is 10.1. The molecule has 0 unspecified atom stereocenters. The molecule has 0 amide bonds. The van der Waals surface area contributed by atoms with Gasteiger partial charge in [0.2, 0.25) is 9.84 Å². The number of fused-ring (bicyclic) bond motifs is 9. The number of furan rings is 2. The smallest absolute Gasteiger partial charge is 0.207 e. The predicted molar refractivity (Wildman–Crippen MR) is 232 cm³/mol. The summed E-state index contributed by atoms with van der Waals surface area (Å²) in [5.41, 5.74) is 10.6. The summed E-state index contributed by atoms with van der Waals surface area (Å²) in [4.78, 5) is 15.7. The van der Waals surface area contributed by atoms with E-state index in [-0.39, 0.29) is 4.90 Å². The van der Waals surface area contributed by atoms with Crippen molar-refractivity contribution >= 4 is 53.7 Å². The number of rotatable bonds is 5. The number of para-hydroxylation sites is 2. The van der Waals surface area contributed by atoms with Gasteiger partial charge in [-0.1, -0.05) is 109 Å². The Morgan fingerprint density at radius 1 is 0.322 bits per heavy atom. The van der Waals surface area contributed by atoms with E-state index < -0.39 is 9.84 Å². The average Bonchev–Trinajstić information content (AvgIpc) is 3.93. The molecule has 3 aromatic heterocycles. The van der Waals surface area contributed by atoms with E-state index in [0.717, 1.165) is 77.3 Å². The monoisotopic (exact) mass is 779 g/mol. The fraction of sp³-hybridized carbons (Fsp3) is 0. The van der Waals surface area contributed by atoms with E-state index in [0.29, 0.717) is 39.1 Å². The third-order valence-electron chi connectivity index (χ3n) is 11.3. The van der Waals surface area contributed by atoms with E-state index in [1.807, 2.05) is 91.0 Å². The number of hydrogen-bond donors (Lipinski definition) is 0. The molecule has 278 valence electrons. The van der Waals surface area contributed by atoms with Gasteiger partial charge in [-0.2, -0.15) is 0 Å². The zero-order valence-electron chi connectivity index (χ0n) is 31.1. The molecule has 0 fully saturated rings. The summed E-state index contributed by atoms with van der Waals surface area (Å²) in [5, 5.41) is 4.23. The Kier molecular flexibility index (Phi) is 7.18. The largest absolute Gasteiger partial charge is 0.456 e. The lowest BCUT2D eigenvalue weighted by Gasteiger charge is -2.13. The van der Waals surface area contributed by atoms with Gasteiger partial charge in [-0.25, -0.2) is 23.4 Å². The standard InChI is InChI=1S/C51H29N3O4S/c55-59(56)47-17-9-6-14-41(47)42-23-20-33(29-48(42)59)50-52-49(30-10-2-1-3-11-30)53-51(54-50)36-25-34(31-18-21-39-37-12-4-7-15-43(37)57-45(39)27-31)24-35(26-36)32-19-22-40-38-13-5-8-16-44(38)58-46(40)28-32/h1-29H. The first-order valence-electron chi connectivity index (χ1n) is 19.2. The molecule has 8 heteroatoms. The second-order valence-electron chi connectivity index (χ2n) is 14.8. The minimum atomic E-state index is -3.73. The Bertz CT molecular complexity index is 3510. The molecule has 0 N–H and O–H groups in total. The van der Waals surface area contributed by atoms with Crippen LogP contribution in [-0.2, 0) is 9.84 Å². The Labute approximate surface area is 337 Å². The molecule has 0 saturated heterocycles. The number of benzene rings is 8. The molecule has 8 aromatic carbocycles. The molecule has 1 aliphatic heterocycles. The molecule has 0 saturated carbocycles. The third-order valence-corrected chi connectivity index (χ3v) is 13.1. The van der Waals surface area contributed by atoms with Crippen LogP contribution < -0.4 is 0 Å². The quantitative estimate of drug-likeness (QED) is 0.171. The maximum atomic E-state index is 13.8.